The molecule has 1 fully saturated rings. The van der Waals surface area contributed by atoms with Crippen LogP contribution in [-0.4, -0.2) is 23.3 Å². The van der Waals surface area contributed by atoms with E-state index in [0.29, 0.717) is 0 Å². The van der Waals surface area contributed by atoms with Gasteiger partial charge in [0, 0.05) is 18.0 Å². The van der Waals surface area contributed by atoms with Crippen molar-refractivity contribution in [3.05, 3.63) is 52.2 Å². The Labute approximate surface area is 171 Å². The number of hydrogen-bond acceptors (Lipinski definition) is 4. The number of halogens is 1. The third-order valence-corrected chi connectivity index (χ3v) is 7.19. The van der Waals surface area contributed by atoms with Crippen molar-refractivity contribution in [2.24, 2.45) is 0 Å². The molecule has 0 unspecified atom stereocenters. The van der Waals surface area contributed by atoms with Crippen molar-refractivity contribution in [1.82, 2.24) is 10.3 Å². The maximum Gasteiger partial charge on any atom is 0.0962 e. The fourth-order valence-electron chi connectivity index (χ4n) is 4.06. The summed E-state index contributed by atoms with van der Waals surface area (Å²) in [6.45, 7) is 2.81. The Morgan fingerprint density at radius 3 is 2.74 bits per heavy atom. The lowest BCUT2D eigenvalue weighted by molar-refractivity contribution is 0.515. The van der Waals surface area contributed by atoms with Gasteiger partial charge in [-0.3, -0.25) is 0 Å². The van der Waals surface area contributed by atoms with Crippen LogP contribution in [0.2, 0.25) is 5.02 Å². The second-order valence-corrected chi connectivity index (χ2v) is 9.27. The molecule has 0 spiro atoms. The van der Waals surface area contributed by atoms with Crippen molar-refractivity contribution < 1.29 is 0 Å². The minimum Gasteiger partial charge on any atom is -0.379 e. The highest BCUT2D eigenvalue weighted by Crippen LogP contribution is 2.33. The molecule has 2 N–H and O–H groups in total. The lowest BCUT2D eigenvalue weighted by Crippen LogP contribution is -2.16. The molecule has 1 aromatic heterocycles. The van der Waals surface area contributed by atoms with E-state index in [-0.39, 0.29) is 0 Å². The number of fused-ring (bicyclic) bond motifs is 1. The molecule has 1 aromatic carbocycles. The zero-order valence-corrected chi connectivity index (χ0v) is 17.3. The number of rotatable bonds is 5. The first-order valence-corrected chi connectivity index (χ1v) is 11.4. The summed E-state index contributed by atoms with van der Waals surface area (Å²) in [6, 6.07) is 8.57. The maximum absolute atomic E-state index is 6.51. The van der Waals surface area contributed by atoms with E-state index in [4.69, 9.17) is 11.6 Å². The molecule has 5 heteroatoms. The second-order valence-electron chi connectivity index (χ2n) is 7.55. The van der Waals surface area contributed by atoms with Gasteiger partial charge < -0.3 is 10.6 Å². The molecule has 2 aromatic rings. The van der Waals surface area contributed by atoms with Crippen LogP contribution in [0.15, 0.2) is 35.5 Å². The average Bonchev–Trinajstić information content (AvgIpc) is 2.95. The molecular weight excluding hydrogens is 374 g/mol. The zero-order valence-electron chi connectivity index (χ0n) is 15.8. The molecule has 0 atom stereocenters. The highest BCUT2D eigenvalue weighted by molar-refractivity contribution is 7.99. The summed E-state index contributed by atoms with van der Waals surface area (Å²) in [5.74, 6) is 0. The molecular formula is C22H28ClN3S. The number of nitrogens with zero attached hydrogens (tertiary/aromatic N) is 1. The normalized spacial score (nSPS) is 18.0. The third kappa shape index (κ3) is 4.98. The number of benzene rings is 1. The van der Waals surface area contributed by atoms with E-state index >= 15 is 0 Å². The summed E-state index contributed by atoms with van der Waals surface area (Å²) >= 11 is 8.46. The van der Waals surface area contributed by atoms with Crippen LogP contribution in [0.25, 0.3) is 0 Å². The summed E-state index contributed by atoms with van der Waals surface area (Å²) in [6.07, 6.45) is 10.9. The molecule has 0 bridgehead atoms. The molecule has 0 amide bonds. The molecule has 2 aliphatic rings. The Morgan fingerprint density at radius 1 is 1.07 bits per heavy atom. The van der Waals surface area contributed by atoms with Crippen molar-refractivity contribution in [2.45, 2.75) is 61.8 Å². The lowest BCUT2D eigenvalue weighted by Gasteiger charge is -2.20. The van der Waals surface area contributed by atoms with E-state index in [2.05, 4.69) is 33.8 Å². The van der Waals surface area contributed by atoms with E-state index in [1.165, 1.54) is 48.8 Å². The van der Waals surface area contributed by atoms with Gasteiger partial charge in [0.2, 0.25) is 0 Å². The summed E-state index contributed by atoms with van der Waals surface area (Å²) < 4.78 is 0. The number of aromatic nitrogens is 1. The molecule has 1 aliphatic heterocycles. The molecule has 144 valence electrons. The summed E-state index contributed by atoms with van der Waals surface area (Å²) in [7, 11) is 0. The molecule has 1 saturated carbocycles. The molecule has 1 aliphatic carbocycles. The molecule has 2 heterocycles. The first-order chi connectivity index (χ1) is 13.3. The predicted molar refractivity (Wildman–Crippen MR) is 116 cm³/mol. The zero-order chi connectivity index (χ0) is 18.5. The van der Waals surface area contributed by atoms with Crippen molar-refractivity contribution in [1.29, 1.82) is 0 Å². The van der Waals surface area contributed by atoms with Crippen molar-refractivity contribution in [3.8, 4) is 0 Å². The van der Waals surface area contributed by atoms with Crippen LogP contribution in [0.3, 0.4) is 0 Å². The topological polar surface area (TPSA) is 37.0 Å². The maximum atomic E-state index is 6.51. The molecule has 0 radical (unpaired) electrons. The van der Waals surface area contributed by atoms with Gasteiger partial charge in [-0.15, -0.1) is 11.8 Å². The number of anilines is 1. The van der Waals surface area contributed by atoms with Gasteiger partial charge >= 0.3 is 0 Å². The Bertz CT molecular complexity index is 757. The van der Waals surface area contributed by atoms with Gasteiger partial charge in [0.1, 0.15) is 0 Å². The number of hydrogen-bond donors (Lipinski definition) is 2. The molecule has 0 saturated heterocycles. The summed E-state index contributed by atoms with van der Waals surface area (Å²) in [5.41, 5.74) is 5.07. The van der Waals surface area contributed by atoms with Gasteiger partial charge in [0.05, 0.1) is 15.7 Å². The second kappa shape index (κ2) is 9.31. The Kier molecular flexibility index (Phi) is 6.59. The van der Waals surface area contributed by atoms with Gasteiger partial charge in [-0.05, 0) is 67.6 Å². The highest BCUT2D eigenvalue weighted by Gasteiger charge is 2.16. The minimum atomic E-state index is 0.752. The largest absolute Gasteiger partial charge is 0.379 e. The van der Waals surface area contributed by atoms with Crippen molar-refractivity contribution in [2.75, 3.05) is 18.4 Å². The fourth-order valence-corrected chi connectivity index (χ4v) is 5.48. The lowest BCUT2D eigenvalue weighted by atomic mass is 10.0. The van der Waals surface area contributed by atoms with Gasteiger partial charge in [0.15, 0.2) is 0 Å². The Hall–Kier alpha value is -1.23. The standard InChI is InChI=1S/C22H28ClN3S/c23-20-8-7-17-10-12-24-13-11-19(17)22(20)26-15-16-6-9-21(25-14-16)27-18-4-2-1-3-5-18/h6-9,14,18,24,26H,1-5,10-13,15H2. The van der Waals surface area contributed by atoms with E-state index in [1.807, 2.05) is 24.0 Å². The quantitative estimate of drug-likeness (QED) is 0.697. The Balaban J connectivity index is 1.40. The highest BCUT2D eigenvalue weighted by atomic mass is 35.5. The van der Waals surface area contributed by atoms with Gasteiger partial charge in [-0.2, -0.15) is 0 Å². The van der Waals surface area contributed by atoms with Crippen molar-refractivity contribution in [3.63, 3.8) is 0 Å². The van der Waals surface area contributed by atoms with E-state index < -0.39 is 0 Å². The van der Waals surface area contributed by atoms with Crippen molar-refractivity contribution >= 4 is 29.1 Å². The van der Waals surface area contributed by atoms with Gasteiger partial charge in [0.25, 0.3) is 0 Å². The fraction of sp³-hybridized carbons (Fsp3) is 0.500. The molecule has 4 rings (SSSR count). The number of nitrogens with one attached hydrogen (secondary N) is 2. The summed E-state index contributed by atoms with van der Waals surface area (Å²) in [5, 5.41) is 9.77. The minimum absolute atomic E-state index is 0.752. The molecule has 27 heavy (non-hydrogen) atoms. The average molecular weight is 402 g/mol. The first kappa shape index (κ1) is 19.1. The van der Waals surface area contributed by atoms with Crippen LogP contribution in [0, 0.1) is 0 Å². The Morgan fingerprint density at radius 2 is 1.93 bits per heavy atom. The van der Waals surface area contributed by atoms with Crippen LogP contribution in [0.5, 0.6) is 0 Å². The third-order valence-electron chi connectivity index (χ3n) is 5.59. The monoisotopic (exact) mass is 401 g/mol. The van der Waals surface area contributed by atoms with Gasteiger partial charge in [-0.1, -0.05) is 43.0 Å². The van der Waals surface area contributed by atoms with Gasteiger partial charge in [-0.25, -0.2) is 4.98 Å². The van der Waals surface area contributed by atoms with E-state index in [1.54, 1.807) is 0 Å². The SMILES string of the molecule is Clc1ccc2c(c1NCc1ccc(SC3CCCCC3)nc1)CCNCC2. The van der Waals surface area contributed by atoms with Crippen LogP contribution in [0.1, 0.15) is 48.8 Å². The van der Waals surface area contributed by atoms with Crippen LogP contribution in [0.4, 0.5) is 5.69 Å². The van der Waals surface area contributed by atoms with E-state index in [9.17, 15) is 0 Å². The number of thioether (sulfide) groups is 1. The smallest absolute Gasteiger partial charge is 0.0962 e. The predicted octanol–water partition coefficient (Wildman–Crippen LogP) is 5.46. The number of pyridine rings is 1. The van der Waals surface area contributed by atoms with Crippen LogP contribution in [-0.2, 0) is 19.4 Å². The first-order valence-electron chi connectivity index (χ1n) is 10.2. The van der Waals surface area contributed by atoms with E-state index in [0.717, 1.165) is 53.5 Å². The van der Waals surface area contributed by atoms with Crippen LogP contribution >= 0.6 is 23.4 Å². The molecule has 3 nitrogen and oxygen atoms in total. The van der Waals surface area contributed by atoms with Crippen LogP contribution < -0.4 is 10.6 Å². The summed E-state index contributed by atoms with van der Waals surface area (Å²) in [4.78, 5) is 4.69.